The maximum Gasteiger partial charge on any atom is 0.248 e. The molecular weight excluding hydrogens is 493 g/mol. The standard InChI is InChI=1S/C24H30ClF3N8/c1-12-11-36(22-19-21(31-23(32-22)33-29)34(4)14(3)30-19)13(2)10-35(12)20(16-8-24(27,28)9-16)15-5-6-18(26)17(25)7-15/h5-7,12-13,16,20H,8-11,29H2,1-4H3,(H,31,32,33)/t12-,13?,20?/m1/s1. The van der Waals surface area contributed by atoms with E-state index < -0.39 is 11.7 Å². The van der Waals surface area contributed by atoms with Crippen LogP contribution in [-0.2, 0) is 7.05 Å². The number of nitrogens with one attached hydrogen (secondary N) is 1. The lowest BCUT2D eigenvalue weighted by Crippen LogP contribution is -2.59. The molecule has 3 heterocycles. The van der Waals surface area contributed by atoms with Crippen LogP contribution in [0.5, 0.6) is 0 Å². The summed E-state index contributed by atoms with van der Waals surface area (Å²) in [7, 11) is 1.89. The molecule has 0 spiro atoms. The Morgan fingerprint density at radius 3 is 2.50 bits per heavy atom. The van der Waals surface area contributed by atoms with Crippen LogP contribution in [0.1, 0.15) is 44.1 Å². The first-order chi connectivity index (χ1) is 17.0. The normalized spacial score (nSPS) is 23.6. The van der Waals surface area contributed by atoms with E-state index in [1.807, 2.05) is 18.5 Å². The van der Waals surface area contributed by atoms with Gasteiger partial charge in [0.2, 0.25) is 11.9 Å². The first-order valence-corrected chi connectivity index (χ1v) is 12.4. The molecule has 1 aliphatic carbocycles. The van der Waals surface area contributed by atoms with Gasteiger partial charge in [-0.15, -0.1) is 0 Å². The summed E-state index contributed by atoms with van der Waals surface area (Å²) in [6.45, 7) is 7.21. The second-order valence-electron chi connectivity index (χ2n) is 10.1. The van der Waals surface area contributed by atoms with Gasteiger partial charge in [-0.3, -0.25) is 10.3 Å². The molecule has 5 rings (SSSR count). The van der Waals surface area contributed by atoms with Crippen LogP contribution >= 0.6 is 11.6 Å². The van der Waals surface area contributed by atoms with Crippen molar-refractivity contribution in [1.29, 1.82) is 0 Å². The van der Waals surface area contributed by atoms with Crippen LogP contribution in [0, 0.1) is 18.7 Å². The van der Waals surface area contributed by atoms with Gasteiger partial charge >= 0.3 is 0 Å². The summed E-state index contributed by atoms with van der Waals surface area (Å²) in [6.07, 6.45) is -0.390. The minimum atomic E-state index is -2.67. The summed E-state index contributed by atoms with van der Waals surface area (Å²) in [6, 6.07) is 4.21. The van der Waals surface area contributed by atoms with E-state index in [-0.39, 0.29) is 41.9 Å². The molecule has 12 heteroatoms. The monoisotopic (exact) mass is 522 g/mol. The number of halogens is 4. The molecule has 2 fully saturated rings. The molecule has 1 saturated carbocycles. The average Bonchev–Trinajstić information content (AvgIpc) is 3.10. The number of anilines is 2. The van der Waals surface area contributed by atoms with Crippen molar-refractivity contribution >= 4 is 34.5 Å². The molecule has 2 aromatic heterocycles. The largest absolute Gasteiger partial charge is 0.349 e. The number of nitrogens with two attached hydrogens (primary N) is 1. The molecule has 3 aromatic rings. The highest BCUT2D eigenvalue weighted by atomic mass is 35.5. The number of hydrogen-bond acceptors (Lipinski definition) is 7. The number of benzene rings is 1. The first kappa shape index (κ1) is 25.0. The fourth-order valence-corrected chi connectivity index (χ4v) is 5.81. The molecule has 1 aromatic carbocycles. The van der Waals surface area contributed by atoms with Gasteiger partial charge in [0.25, 0.3) is 0 Å². The van der Waals surface area contributed by atoms with Crippen molar-refractivity contribution in [1.82, 2.24) is 24.4 Å². The summed E-state index contributed by atoms with van der Waals surface area (Å²) >= 11 is 6.10. The molecular formula is C24H30ClF3N8. The predicted molar refractivity (Wildman–Crippen MR) is 134 cm³/mol. The van der Waals surface area contributed by atoms with Crippen molar-refractivity contribution < 1.29 is 13.2 Å². The number of alkyl halides is 2. The summed E-state index contributed by atoms with van der Waals surface area (Å²) in [5.41, 5.74) is 4.65. The number of imidazole rings is 1. The quantitative estimate of drug-likeness (QED) is 0.378. The SMILES string of the molecule is Cc1nc2c(N3C[C@@H](C)N(C(c4ccc(F)c(Cl)c4)C4CC(F)(F)C4)CC3C)nc(NN)nc2n1C. The number of piperazine rings is 1. The Hall–Kier alpha value is -2.63. The Labute approximate surface area is 212 Å². The fourth-order valence-electron chi connectivity index (χ4n) is 5.62. The number of nitrogen functional groups attached to an aromatic ring is 1. The van der Waals surface area contributed by atoms with Gasteiger partial charge in [0.05, 0.1) is 5.02 Å². The van der Waals surface area contributed by atoms with Gasteiger partial charge in [-0.25, -0.2) is 24.0 Å². The van der Waals surface area contributed by atoms with Crippen LogP contribution in [0.25, 0.3) is 11.2 Å². The van der Waals surface area contributed by atoms with Gasteiger partial charge in [0.1, 0.15) is 11.6 Å². The molecule has 194 valence electrons. The molecule has 2 aliphatic rings. The van der Waals surface area contributed by atoms with Crippen molar-refractivity contribution in [3.8, 4) is 0 Å². The van der Waals surface area contributed by atoms with E-state index >= 15 is 0 Å². The van der Waals surface area contributed by atoms with E-state index in [0.29, 0.717) is 36.0 Å². The number of hydrogen-bond donors (Lipinski definition) is 2. The van der Waals surface area contributed by atoms with Gasteiger partial charge in [0.15, 0.2) is 17.0 Å². The number of aryl methyl sites for hydroxylation is 2. The summed E-state index contributed by atoms with van der Waals surface area (Å²) in [5.74, 6) is 3.98. The van der Waals surface area contributed by atoms with Gasteiger partial charge < -0.3 is 9.47 Å². The smallest absolute Gasteiger partial charge is 0.248 e. The van der Waals surface area contributed by atoms with Gasteiger partial charge in [-0.05, 0) is 44.4 Å². The lowest BCUT2D eigenvalue weighted by atomic mass is 9.73. The van der Waals surface area contributed by atoms with Crippen molar-refractivity contribution in [2.45, 2.75) is 57.7 Å². The van der Waals surface area contributed by atoms with E-state index in [4.69, 9.17) is 17.4 Å². The minimum Gasteiger partial charge on any atom is -0.349 e. The molecule has 0 bridgehead atoms. The van der Waals surface area contributed by atoms with Crippen molar-refractivity contribution in [2.24, 2.45) is 18.8 Å². The third kappa shape index (κ3) is 4.26. The Balaban J connectivity index is 1.49. The first-order valence-electron chi connectivity index (χ1n) is 12.0. The Kier molecular flexibility index (Phi) is 6.29. The molecule has 3 atom stereocenters. The van der Waals surface area contributed by atoms with E-state index in [1.165, 1.54) is 6.07 Å². The predicted octanol–water partition coefficient (Wildman–Crippen LogP) is 4.44. The number of rotatable bonds is 5. The molecule has 0 radical (unpaired) electrons. The molecule has 2 unspecified atom stereocenters. The van der Waals surface area contributed by atoms with Crippen LogP contribution in [0.2, 0.25) is 5.02 Å². The topological polar surface area (TPSA) is 88.1 Å². The molecule has 1 saturated heterocycles. The highest BCUT2D eigenvalue weighted by Gasteiger charge is 2.51. The maximum absolute atomic E-state index is 13.9. The number of nitrogens with zero attached hydrogens (tertiary/aromatic N) is 6. The average molecular weight is 523 g/mol. The second kappa shape index (κ2) is 9.04. The number of hydrazine groups is 1. The third-order valence-electron chi connectivity index (χ3n) is 7.57. The highest BCUT2D eigenvalue weighted by Crippen LogP contribution is 2.51. The zero-order chi connectivity index (χ0) is 25.9. The highest BCUT2D eigenvalue weighted by molar-refractivity contribution is 6.30. The second-order valence-corrected chi connectivity index (χ2v) is 10.5. The van der Waals surface area contributed by atoms with Crippen LogP contribution in [0.4, 0.5) is 24.9 Å². The molecule has 3 N–H and O–H groups in total. The third-order valence-corrected chi connectivity index (χ3v) is 7.86. The van der Waals surface area contributed by atoms with E-state index in [2.05, 4.69) is 44.0 Å². The van der Waals surface area contributed by atoms with Gasteiger partial charge in [-0.1, -0.05) is 17.7 Å². The number of aromatic nitrogens is 4. The van der Waals surface area contributed by atoms with Crippen molar-refractivity contribution in [3.05, 3.63) is 40.4 Å². The summed E-state index contributed by atoms with van der Waals surface area (Å²) in [4.78, 5) is 18.2. The van der Waals surface area contributed by atoms with E-state index in [0.717, 1.165) is 11.4 Å². The van der Waals surface area contributed by atoms with E-state index in [1.54, 1.807) is 12.1 Å². The minimum absolute atomic E-state index is 0.00126. The molecule has 1 aliphatic heterocycles. The number of fused-ring (bicyclic) bond motifs is 1. The molecule has 36 heavy (non-hydrogen) atoms. The Morgan fingerprint density at radius 1 is 1.14 bits per heavy atom. The van der Waals surface area contributed by atoms with E-state index in [9.17, 15) is 13.2 Å². The van der Waals surface area contributed by atoms with Crippen LogP contribution in [0.3, 0.4) is 0 Å². The molecule has 8 nitrogen and oxygen atoms in total. The zero-order valence-corrected chi connectivity index (χ0v) is 21.4. The van der Waals surface area contributed by atoms with Crippen LogP contribution < -0.4 is 16.2 Å². The Bertz CT molecular complexity index is 1290. The Morgan fingerprint density at radius 2 is 1.86 bits per heavy atom. The van der Waals surface area contributed by atoms with Gasteiger partial charge in [-0.2, -0.15) is 9.97 Å². The zero-order valence-electron chi connectivity index (χ0n) is 20.6. The van der Waals surface area contributed by atoms with Gasteiger partial charge in [0, 0.05) is 51.1 Å². The lowest BCUT2D eigenvalue weighted by molar-refractivity contribution is -0.137. The maximum atomic E-state index is 13.9. The summed E-state index contributed by atoms with van der Waals surface area (Å²) in [5, 5.41) is -0.00126. The van der Waals surface area contributed by atoms with Crippen LogP contribution in [-0.4, -0.2) is 55.5 Å². The van der Waals surface area contributed by atoms with Crippen molar-refractivity contribution in [3.63, 3.8) is 0 Å². The van der Waals surface area contributed by atoms with Crippen LogP contribution in [0.15, 0.2) is 18.2 Å². The lowest BCUT2D eigenvalue weighted by Gasteiger charge is -2.52. The summed E-state index contributed by atoms with van der Waals surface area (Å²) < 4.78 is 43.7. The molecule has 0 amide bonds. The van der Waals surface area contributed by atoms with Crippen molar-refractivity contribution in [2.75, 3.05) is 23.4 Å². The fraction of sp³-hybridized carbons (Fsp3) is 0.542.